The fourth-order valence-electron chi connectivity index (χ4n) is 3.66. The number of hydrogen-bond donors (Lipinski definition) is 1. The van der Waals surface area contributed by atoms with Gasteiger partial charge >= 0.3 is 18.2 Å². The smallest absolute Gasteiger partial charge is 0.414 e. The number of amides is 2. The summed E-state index contributed by atoms with van der Waals surface area (Å²) < 4.78 is 31.8. The minimum Gasteiger partial charge on any atom is -0.468 e. The first-order valence-electron chi connectivity index (χ1n) is 12.8. The maximum atomic E-state index is 13.4. The zero-order chi connectivity index (χ0) is 28.8. The Morgan fingerprint density at radius 1 is 1.10 bits per heavy atom. The second-order valence-corrected chi connectivity index (χ2v) is 15.4. The Hall–Kier alpha value is -3.35. The zero-order valence-electron chi connectivity index (χ0n) is 23.4. The van der Waals surface area contributed by atoms with Gasteiger partial charge < -0.3 is 33.7 Å². The molecule has 12 heteroatoms. The number of ether oxygens (including phenoxy) is 6. The highest BCUT2D eigenvalue weighted by atomic mass is 28.3. The third kappa shape index (κ3) is 10.4. The van der Waals surface area contributed by atoms with Crippen LogP contribution >= 0.6 is 0 Å². The third-order valence-electron chi connectivity index (χ3n) is 5.57. The van der Waals surface area contributed by atoms with Gasteiger partial charge in [-0.05, 0) is 31.2 Å². The maximum absolute atomic E-state index is 13.4. The molecule has 0 aromatic heterocycles. The number of nitrogens with one attached hydrogen (secondary N) is 1. The number of carbonyl (C=O) groups is 3. The highest BCUT2D eigenvalue weighted by Gasteiger charge is 2.43. The highest BCUT2D eigenvalue weighted by molar-refractivity contribution is 6.76. The first-order chi connectivity index (χ1) is 18.6. The van der Waals surface area contributed by atoms with E-state index in [9.17, 15) is 14.4 Å². The van der Waals surface area contributed by atoms with Crippen molar-refractivity contribution < 1.29 is 42.8 Å². The molecule has 1 aliphatic heterocycles. The summed E-state index contributed by atoms with van der Waals surface area (Å²) in [6.07, 6.45) is 2.85. The highest BCUT2D eigenvalue weighted by Crippen LogP contribution is 2.42. The lowest BCUT2D eigenvalue weighted by atomic mass is 10.0. The minimum absolute atomic E-state index is 0.000839. The molecule has 2 amide bonds. The summed E-state index contributed by atoms with van der Waals surface area (Å²) in [6.45, 7) is 13.0. The van der Waals surface area contributed by atoms with Crippen molar-refractivity contribution in [1.29, 1.82) is 0 Å². The van der Waals surface area contributed by atoms with Crippen molar-refractivity contribution in [3.05, 3.63) is 48.6 Å². The van der Waals surface area contributed by atoms with Gasteiger partial charge in [0.05, 0.1) is 44.2 Å². The van der Waals surface area contributed by atoms with Crippen molar-refractivity contribution in [3.8, 4) is 5.75 Å². The predicted octanol–water partition coefficient (Wildman–Crippen LogP) is 4.42. The Morgan fingerprint density at radius 3 is 2.54 bits per heavy atom. The van der Waals surface area contributed by atoms with E-state index in [0.29, 0.717) is 30.2 Å². The van der Waals surface area contributed by atoms with E-state index < -0.39 is 38.3 Å². The molecular weight excluding hydrogens is 524 g/mol. The molecule has 0 aliphatic carbocycles. The molecule has 0 radical (unpaired) electrons. The summed E-state index contributed by atoms with van der Waals surface area (Å²) >= 11 is 0. The van der Waals surface area contributed by atoms with Crippen LogP contribution in [0, 0.1) is 0 Å². The van der Waals surface area contributed by atoms with Crippen molar-refractivity contribution in [2.45, 2.75) is 44.7 Å². The van der Waals surface area contributed by atoms with Gasteiger partial charge in [-0.25, -0.2) is 14.4 Å². The molecule has 1 aromatic carbocycles. The Bertz CT molecular complexity index is 1010. The Kier molecular flexibility index (Phi) is 13.0. The van der Waals surface area contributed by atoms with Gasteiger partial charge in [0.25, 0.3) is 0 Å². The van der Waals surface area contributed by atoms with Gasteiger partial charge in [0.2, 0.25) is 0 Å². The molecule has 216 valence electrons. The molecule has 0 saturated carbocycles. The number of fused-ring (bicyclic) bond motifs is 1. The normalized spacial score (nSPS) is 16.5. The van der Waals surface area contributed by atoms with Crippen LogP contribution in [0.4, 0.5) is 15.3 Å². The van der Waals surface area contributed by atoms with E-state index in [1.165, 1.54) is 23.1 Å². The number of nitrogens with zero attached hydrogens (tertiary/aromatic N) is 1. The van der Waals surface area contributed by atoms with Crippen LogP contribution in [0.2, 0.25) is 25.7 Å². The van der Waals surface area contributed by atoms with E-state index in [1.54, 1.807) is 32.2 Å². The van der Waals surface area contributed by atoms with E-state index in [0.717, 1.165) is 6.04 Å². The molecule has 39 heavy (non-hydrogen) atoms. The van der Waals surface area contributed by atoms with E-state index in [2.05, 4.69) is 31.5 Å². The van der Waals surface area contributed by atoms with Crippen molar-refractivity contribution >= 4 is 31.9 Å². The molecular formula is C27H40N2O9Si. The van der Waals surface area contributed by atoms with Crippen LogP contribution in [0.25, 0.3) is 0 Å². The molecule has 1 aliphatic rings. The number of alkyl carbamates (subject to hydrolysis) is 1. The molecule has 1 N–H and O–H groups in total. The van der Waals surface area contributed by atoms with Crippen LogP contribution < -0.4 is 15.0 Å². The molecule has 0 fully saturated rings. The van der Waals surface area contributed by atoms with Crippen LogP contribution in [0.1, 0.15) is 18.5 Å². The summed E-state index contributed by atoms with van der Waals surface area (Å²) in [5.74, 6) is -0.120. The molecule has 1 aromatic rings. The van der Waals surface area contributed by atoms with Gasteiger partial charge in [-0.1, -0.05) is 38.4 Å². The van der Waals surface area contributed by atoms with Crippen LogP contribution in [-0.4, -0.2) is 79.2 Å². The van der Waals surface area contributed by atoms with Crippen molar-refractivity contribution in [2.24, 2.45) is 0 Å². The fourth-order valence-corrected chi connectivity index (χ4v) is 4.38. The minimum atomic E-state index is -1.46. The largest absolute Gasteiger partial charge is 0.468 e. The Morgan fingerprint density at radius 2 is 1.87 bits per heavy atom. The van der Waals surface area contributed by atoms with Crippen molar-refractivity contribution in [2.75, 3.05) is 51.8 Å². The molecule has 0 spiro atoms. The summed E-state index contributed by atoms with van der Waals surface area (Å²) in [5.41, 5.74) is 1.06. The van der Waals surface area contributed by atoms with Crippen LogP contribution in [0.3, 0.4) is 0 Å². The number of rotatable bonds is 15. The summed E-state index contributed by atoms with van der Waals surface area (Å²) in [7, 11) is 0.118. The number of anilines is 1. The molecule has 2 rings (SSSR count). The van der Waals surface area contributed by atoms with Crippen molar-refractivity contribution in [1.82, 2.24) is 5.32 Å². The average molecular weight is 565 g/mol. The first kappa shape index (κ1) is 31.9. The lowest BCUT2D eigenvalue weighted by Crippen LogP contribution is -2.44. The lowest BCUT2D eigenvalue weighted by molar-refractivity contribution is -0.137. The molecule has 1 heterocycles. The summed E-state index contributed by atoms with van der Waals surface area (Å²) in [6, 6.07) is 4.27. The van der Waals surface area contributed by atoms with Crippen LogP contribution in [0.5, 0.6) is 5.75 Å². The van der Waals surface area contributed by atoms with Gasteiger partial charge in [0.1, 0.15) is 12.4 Å². The maximum Gasteiger partial charge on any atom is 0.414 e. The molecule has 11 nitrogen and oxygen atoms in total. The topological polar surface area (TPSA) is 122 Å². The summed E-state index contributed by atoms with van der Waals surface area (Å²) in [5, 5.41) is 2.79. The lowest BCUT2D eigenvalue weighted by Gasteiger charge is -2.26. The fraction of sp³-hybridized carbons (Fsp3) is 0.519. The quantitative estimate of drug-likeness (QED) is 0.0627. The number of hydrogen-bond acceptors (Lipinski definition) is 9. The number of methoxy groups -OCH3 is 1. The van der Waals surface area contributed by atoms with Crippen molar-refractivity contribution in [3.63, 3.8) is 0 Å². The first-order valence-corrected chi connectivity index (χ1v) is 16.5. The zero-order valence-corrected chi connectivity index (χ0v) is 24.4. The van der Waals surface area contributed by atoms with Crippen LogP contribution in [-0.2, 0) is 28.5 Å². The van der Waals surface area contributed by atoms with E-state index in [1.807, 2.05) is 0 Å². The van der Waals surface area contributed by atoms with E-state index >= 15 is 0 Å². The second kappa shape index (κ2) is 15.9. The predicted molar refractivity (Wildman–Crippen MR) is 149 cm³/mol. The summed E-state index contributed by atoms with van der Waals surface area (Å²) in [4.78, 5) is 39.5. The monoisotopic (exact) mass is 564 g/mol. The molecule has 2 atom stereocenters. The Balaban J connectivity index is 2.42. The molecule has 0 unspecified atom stereocenters. The second-order valence-electron chi connectivity index (χ2n) is 9.79. The van der Waals surface area contributed by atoms with Gasteiger partial charge in [-0.15, -0.1) is 0 Å². The molecule has 0 saturated heterocycles. The SMILES string of the molecule is C=CCOC(=O)N[C@H]1c2cc(OCOCCOC)ccc2N(C(=O)OCC[Si](C)(C)C)[C@@H]1C=CC(=O)OCC. The van der Waals surface area contributed by atoms with Gasteiger partial charge in [0.15, 0.2) is 6.79 Å². The number of esters is 1. The van der Waals surface area contributed by atoms with Gasteiger partial charge in [0, 0.05) is 26.8 Å². The van der Waals surface area contributed by atoms with E-state index in [-0.39, 0.29) is 26.6 Å². The third-order valence-corrected chi connectivity index (χ3v) is 7.27. The average Bonchev–Trinajstić information content (AvgIpc) is 3.17. The molecule has 0 bridgehead atoms. The standard InChI is InChI=1S/C27H40N2O9Si/c1-7-13-36-26(31)28-25-21-18-20(38-19-34-15-14-33-3)9-10-22(21)29(23(25)11-12-24(30)35-8-2)27(32)37-16-17-39(4,5)6/h7,9-12,18,23,25H,1,8,13-17,19H2,2-6H3,(H,28,31)/t23-,25+/m1/s1. The van der Waals surface area contributed by atoms with Crippen LogP contribution in [0.15, 0.2) is 43.0 Å². The Labute approximate surface area is 231 Å². The number of benzene rings is 1. The van der Waals surface area contributed by atoms with Gasteiger partial charge in [-0.2, -0.15) is 0 Å². The van der Waals surface area contributed by atoms with Gasteiger partial charge in [-0.3, -0.25) is 4.90 Å². The number of carbonyl (C=O) groups excluding carboxylic acids is 3. The van der Waals surface area contributed by atoms with E-state index in [4.69, 9.17) is 28.4 Å².